The average molecular weight is 315 g/mol. The number of aryl methyl sites for hydroxylation is 1. The summed E-state index contributed by atoms with van der Waals surface area (Å²) >= 11 is 1.72. The number of hydrogen-bond donors (Lipinski definition) is 0. The molecule has 0 amide bonds. The van der Waals surface area contributed by atoms with E-state index in [2.05, 4.69) is 42.2 Å². The molecular formula is C19H25NOS. The summed E-state index contributed by atoms with van der Waals surface area (Å²) in [6.07, 6.45) is 7.59. The first-order valence-electron chi connectivity index (χ1n) is 8.10. The van der Waals surface area contributed by atoms with E-state index in [4.69, 9.17) is 4.74 Å². The van der Waals surface area contributed by atoms with E-state index in [1.165, 1.54) is 42.6 Å². The van der Waals surface area contributed by atoms with E-state index < -0.39 is 0 Å². The van der Waals surface area contributed by atoms with Crippen molar-refractivity contribution in [3.8, 4) is 5.88 Å². The van der Waals surface area contributed by atoms with Crippen molar-refractivity contribution in [3.63, 3.8) is 0 Å². The van der Waals surface area contributed by atoms with E-state index >= 15 is 0 Å². The summed E-state index contributed by atoms with van der Waals surface area (Å²) < 4.78 is 5.28. The molecule has 2 aromatic rings. The highest BCUT2D eigenvalue weighted by atomic mass is 32.2. The molecular weight excluding hydrogens is 290 g/mol. The SMILES string of the molecule is CCCCCCCc1ccc(OC)nc1Sc1ccccc1. The molecule has 0 aliphatic carbocycles. The van der Waals surface area contributed by atoms with Crippen LogP contribution in [-0.2, 0) is 6.42 Å². The summed E-state index contributed by atoms with van der Waals surface area (Å²) in [7, 11) is 1.67. The predicted octanol–water partition coefficient (Wildman–Crippen LogP) is 5.75. The first-order chi connectivity index (χ1) is 10.8. The summed E-state index contributed by atoms with van der Waals surface area (Å²) in [5.41, 5.74) is 1.33. The van der Waals surface area contributed by atoms with Crippen LogP contribution in [-0.4, -0.2) is 12.1 Å². The number of pyridine rings is 1. The number of benzene rings is 1. The van der Waals surface area contributed by atoms with Gasteiger partial charge in [0.05, 0.1) is 7.11 Å². The van der Waals surface area contributed by atoms with E-state index in [1.807, 2.05) is 12.1 Å². The van der Waals surface area contributed by atoms with E-state index in [0.29, 0.717) is 5.88 Å². The lowest BCUT2D eigenvalue weighted by atomic mass is 10.1. The van der Waals surface area contributed by atoms with Crippen molar-refractivity contribution in [2.75, 3.05) is 7.11 Å². The Bertz CT molecular complexity index is 557. The van der Waals surface area contributed by atoms with Gasteiger partial charge in [0.25, 0.3) is 0 Å². The fourth-order valence-corrected chi connectivity index (χ4v) is 3.32. The van der Waals surface area contributed by atoms with Crippen LogP contribution in [0.5, 0.6) is 5.88 Å². The van der Waals surface area contributed by atoms with Crippen molar-refractivity contribution in [2.45, 2.75) is 55.4 Å². The van der Waals surface area contributed by atoms with Crippen LogP contribution in [0, 0.1) is 0 Å². The molecule has 0 bridgehead atoms. The van der Waals surface area contributed by atoms with Crippen molar-refractivity contribution in [3.05, 3.63) is 48.0 Å². The highest BCUT2D eigenvalue weighted by molar-refractivity contribution is 7.99. The number of rotatable bonds is 9. The second-order valence-electron chi connectivity index (χ2n) is 5.40. The zero-order valence-corrected chi connectivity index (χ0v) is 14.4. The molecule has 0 saturated carbocycles. The van der Waals surface area contributed by atoms with Gasteiger partial charge in [-0.15, -0.1) is 0 Å². The minimum absolute atomic E-state index is 0.688. The zero-order valence-electron chi connectivity index (χ0n) is 13.5. The summed E-state index contributed by atoms with van der Waals surface area (Å²) in [4.78, 5) is 5.86. The van der Waals surface area contributed by atoms with Crippen LogP contribution in [0.25, 0.3) is 0 Å². The molecule has 0 spiro atoms. The lowest BCUT2D eigenvalue weighted by Crippen LogP contribution is -1.96. The van der Waals surface area contributed by atoms with Crippen LogP contribution < -0.4 is 4.74 Å². The Morgan fingerprint density at radius 2 is 1.73 bits per heavy atom. The van der Waals surface area contributed by atoms with Crippen LogP contribution in [0.3, 0.4) is 0 Å². The van der Waals surface area contributed by atoms with Gasteiger partial charge in [0, 0.05) is 11.0 Å². The van der Waals surface area contributed by atoms with Crippen LogP contribution >= 0.6 is 11.8 Å². The van der Waals surface area contributed by atoms with E-state index in [9.17, 15) is 0 Å². The molecule has 0 aliphatic rings. The van der Waals surface area contributed by atoms with Crippen LogP contribution in [0.2, 0.25) is 0 Å². The Morgan fingerprint density at radius 3 is 2.45 bits per heavy atom. The molecule has 0 atom stereocenters. The number of methoxy groups -OCH3 is 1. The third kappa shape index (κ3) is 5.38. The topological polar surface area (TPSA) is 22.1 Å². The Labute approximate surface area is 138 Å². The van der Waals surface area contributed by atoms with Gasteiger partial charge in [-0.2, -0.15) is 0 Å². The van der Waals surface area contributed by atoms with E-state index in [0.717, 1.165) is 11.4 Å². The van der Waals surface area contributed by atoms with Gasteiger partial charge in [-0.25, -0.2) is 4.98 Å². The van der Waals surface area contributed by atoms with Crippen molar-refractivity contribution >= 4 is 11.8 Å². The lowest BCUT2D eigenvalue weighted by Gasteiger charge is -2.10. The minimum atomic E-state index is 0.688. The highest BCUT2D eigenvalue weighted by Gasteiger charge is 2.08. The van der Waals surface area contributed by atoms with Gasteiger partial charge in [0.2, 0.25) is 5.88 Å². The van der Waals surface area contributed by atoms with Gasteiger partial charge in [0.1, 0.15) is 5.03 Å². The standard InChI is InChI=1S/C19H25NOS/c1-3-4-5-6-8-11-16-14-15-18(21-2)20-19(16)22-17-12-9-7-10-13-17/h7,9-10,12-15H,3-6,8,11H2,1-2H3. The van der Waals surface area contributed by atoms with Crippen LogP contribution in [0.15, 0.2) is 52.4 Å². The minimum Gasteiger partial charge on any atom is -0.481 e. The zero-order chi connectivity index (χ0) is 15.6. The molecule has 1 aromatic carbocycles. The fourth-order valence-electron chi connectivity index (χ4n) is 2.36. The van der Waals surface area contributed by atoms with Crippen LogP contribution in [0.4, 0.5) is 0 Å². The maximum atomic E-state index is 5.28. The maximum Gasteiger partial charge on any atom is 0.214 e. The third-order valence-electron chi connectivity index (χ3n) is 3.63. The first-order valence-corrected chi connectivity index (χ1v) is 8.92. The second kappa shape index (κ2) is 9.52. The monoisotopic (exact) mass is 315 g/mol. The Balaban J connectivity index is 2.04. The van der Waals surface area contributed by atoms with Gasteiger partial charge < -0.3 is 4.74 Å². The summed E-state index contributed by atoms with van der Waals surface area (Å²) in [6.45, 7) is 2.25. The van der Waals surface area contributed by atoms with Gasteiger partial charge in [-0.3, -0.25) is 0 Å². The molecule has 0 unspecified atom stereocenters. The summed E-state index contributed by atoms with van der Waals surface area (Å²) in [5.74, 6) is 0.688. The number of hydrogen-bond acceptors (Lipinski definition) is 3. The molecule has 1 aromatic heterocycles. The van der Waals surface area contributed by atoms with E-state index in [1.54, 1.807) is 18.9 Å². The van der Waals surface area contributed by atoms with Gasteiger partial charge >= 0.3 is 0 Å². The maximum absolute atomic E-state index is 5.28. The van der Waals surface area contributed by atoms with Crippen molar-refractivity contribution in [2.24, 2.45) is 0 Å². The first kappa shape index (κ1) is 16.9. The Kier molecular flexibility index (Phi) is 7.31. The van der Waals surface area contributed by atoms with Gasteiger partial charge in [-0.1, -0.05) is 68.6 Å². The van der Waals surface area contributed by atoms with E-state index in [-0.39, 0.29) is 0 Å². The average Bonchev–Trinajstić information content (AvgIpc) is 2.56. The second-order valence-corrected chi connectivity index (χ2v) is 6.46. The number of aromatic nitrogens is 1. The number of nitrogens with zero attached hydrogens (tertiary/aromatic N) is 1. The quantitative estimate of drug-likeness (QED) is 0.550. The smallest absolute Gasteiger partial charge is 0.214 e. The molecule has 0 radical (unpaired) electrons. The summed E-state index contributed by atoms with van der Waals surface area (Å²) in [5, 5.41) is 1.07. The lowest BCUT2D eigenvalue weighted by molar-refractivity contribution is 0.394. The molecule has 1 heterocycles. The highest BCUT2D eigenvalue weighted by Crippen LogP contribution is 2.31. The van der Waals surface area contributed by atoms with Gasteiger partial charge in [-0.05, 0) is 30.5 Å². The number of unbranched alkanes of at least 4 members (excludes halogenated alkanes) is 4. The normalized spacial score (nSPS) is 10.6. The molecule has 22 heavy (non-hydrogen) atoms. The molecule has 118 valence electrons. The molecule has 2 nitrogen and oxygen atoms in total. The van der Waals surface area contributed by atoms with Gasteiger partial charge in [0.15, 0.2) is 0 Å². The molecule has 0 aliphatic heterocycles. The molecule has 0 N–H and O–H groups in total. The van der Waals surface area contributed by atoms with Crippen LogP contribution in [0.1, 0.15) is 44.6 Å². The number of ether oxygens (including phenoxy) is 1. The third-order valence-corrected chi connectivity index (χ3v) is 4.68. The largest absolute Gasteiger partial charge is 0.481 e. The Morgan fingerprint density at radius 1 is 0.955 bits per heavy atom. The molecule has 2 rings (SSSR count). The van der Waals surface area contributed by atoms with Crippen molar-refractivity contribution in [1.82, 2.24) is 4.98 Å². The molecule has 0 fully saturated rings. The van der Waals surface area contributed by atoms with Crippen molar-refractivity contribution < 1.29 is 4.74 Å². The molecule has 3 heteroatoms. The molecule has 0 saturated heterocycles. The van der Waals surface area contributed by atoms with Crippen molar-refractivity contribution in [1.29, 1.82) is 0 Å². The fraction of sp³-hybridized carbons (Fsp3) is 0.421. The summed E-state index contributed by atoms with van der Waals surface area (Å²) in [6, 6.07) is 14.5. The Hall–Kier alpha value is -1.48. The predicted molar refractivity (Wildman–Crippen MR) is 93.8 cm³/mol.